The van der Waals surface area contributed by atoms with Crippen molar-refractivity contribution in [2.75, 3.05) is 11.9 Å². The van der Waals surface area contributed by atoms with Crippen molar-refractivity contribution < 1.29 is 19.1 Å². The Morgan fingerprint density at radius 3 is 2.62 bits per heavy atom. The number of allylic oxidation sites excluding steroid dienone is 3. The largest absolute Gasteiger partial charge is 0.462 e. The number of aliphatic imine (C=N–C) groups is 2. The third-order valence-electron chi connectivity index (χ3n) is 4.34. The molecule has 0 bridgehead atoms. The van der Waals surface area contributed by atoms with Gasteiger partial charge in [0, 0.05) is 11.7 Å². The van der Waals surface area contributed by atoms with Crippen molar-refractivity contribution >= 4 is 35.3 Å². The van der Waals surface area contributed by atoms with E-state index < -0.39 is 18.0 Å². The molecule has 0 saturated carbocycles. The minimum absolute atomic E-state index is 0.206. The lowest BCUT2D eigenvalue weighted by Gasteiger charge is -2.34. The van der Waals surface area contributed by atoms with Crippen molar-refractivity contribution in [3.05, 3.63) is 54.1 Å². The molecule has 29 heavy (non-hydrogen) atoms. The van der Waals surface area contributed by atoms with E-state index in [4.69, 9.17) is 4.74 Å². The summed E-state index contributed by atoms with van der Waals surface area (Å²) in [4.78, 5) is 46.4. The quantitative estimate of drug-likeness (QED) is 0.785. The van der Waals surface area contributed by atoms with Gasteiger partial charge in [0.05, 0.1) is 23.8 Å². The van der Waals surface area contributed by atoms with Gasteiger partial charge in [-0.2, -0.15) is 9.98 Å². The number of nitrogens with one attached hydrogen (secondary N) is 1. The number of anilines is 1. The van der Waals surface area contributed by atoms with Gasteiger partial charge in [-0.25, -0.2) is 14.4 Å². The van der Waals surface area contributed by atoms with Crippen LogP contribution in [0.25, 0.3) is 0 Å². The van der Waals surface area contributed by atoms with Crippen LogP contribution in [-0.2, 0) is 4.74 Å². The monoisotopic (exact) mass is 394 g/mol. The number of urea groups is 2. The molecule has 8 nitrogen and oxygen atoms in total. The molecule has 1 aromatic rings. The van der Waals surface area contributed by atoms with Gasteiger partial charge in [0.25, 0.3) is 0 Å². The third kappa shape index (κ3) is 4.48. The van der Waals surface area contributed by atoms with E-state index in [9.17, 15) is 14.4 Å². The molecule has 3 rings (SSSR count). The summed E-state index contributed by atoms with van der Waals surface area (Å²) < 4.78 is 4.94. The Balaban J connectivity index is 1.82. The minimum Gasteiger partial charge on any atom is -0.462 e. The zero-order valence-corrected chi connectivity index (χ0v) is 16.5. The van der Waals surface area contributed by atoms with Crippen LogP contribution in [0.15, 0.2) is 58.6 Å². The van der Waals surface area contributed by atoms with E-state index >= 15 is 0 Å². The highest BCUT2D eigenvalue weighted by molar-refractivity contribution is 6.25. The number of hydrogen-bond acceptors (Lipinski definition) is 4. The van der Waals surface area contributed by atoms with Gasteiger partial charge in [0.1, 0.15) is 5.84 Å². The average Bonchev–Trinajstić information content (AvgIpc) is 2.68. The second-order valence-electron chi connectivity index (χ2n) is 6.70. The molecule has 1 atom stereocenters. The highest BCUT2D eigenvalue weighted by Crippen LogP contribution is 2.23. The zero-order chi connectivity index (χ0) is 21.0. The smallest absolute Gasteiger partial charge is 0.349 e. The van der Waals surface area contributed by atoms with E-state index in [-0.39, 0.29) is 18.6 Å². The number of carbonyl (C=O) groups excluding carboxylic acids is 3. The van der Waals surface area contributed by atoms with Gasteiger partial charge in [0.2, 0.25) is 0 Å². The van der Waals surface area contributed by atoms with Crippen LogP contribution in [0.5, 0.6) is 0 Å². The Morgan fingerprint density at radius 2 is 1.97 bits per heavy atom. The Labute approximate surface area is 168 Å². The van der Waals surface area contributed by atoms with Crippen LogP contribution in [0.4, 0.5) is 15.3 Å². The summed E-state index contributed by atoms with van der Waals surface area (Å²) in [6.07, 6.45) is 7.21. The number of carbonyl (C=O) groups is 3. The van der Waals surface area contributed by atoms with E-state index in [1.807, 2.05) is 26.0 Å². The van der Waals surface area contributed by atoms with Gasteiger partial charge in [-0.15, -0.1) is 0 Å². The summed E-state index contributed by atoms with van der Waals surface area (Å²) in [5, 5.41) is 2.66. The first kappa shape index (κ1) is 20.2. The first-order valence-electron chi connectivity index (χ1n) is 9.34. The maximum absolute atomic E-state index is 12.5. The topological polar surface area (TPSA) is 100 Å². The van der Waals surface area contributed by atoms with Crippen molar-refractivity contribution in [2.24, 2.45) is 15.9 Å². The molecule has 2 aliphatic rings. The van der Waals surface area contributed by atoms with Crippen LogP contribution in [0, 0.1) is 5.92 Å². The fourth-order valence-electron chi connectivity index (χ4n) is 3.04. The van der Waals surface area contributed by atoms with Crippen LogP contribution in [0.1, 0.15) is 31.1 Å². The van der Waals surface area contributed by atoms with Crippen LogP contribution in [-0.4, -0.2) is 47.1 Å². The van der Waals surface area contributed by atoms with E-state index in [0.717, 1.165) is 0 Å². The van der Waals surface area contributed by atoms with E-state index in [1.54, 1.807) is 43.3 Å². The fourth-order valence-corrected chi connectivity index (χ4v) is 3.04. The Kier molecular flexibility index (Phi) is 6.01. The van der Waals surface area contributed by atoms with Gasteiger partial charge < -0.3 is 10.1 Å². The molecule has 150 valence electrons. The number of hydrogen-bond donors (Lipinski definition) is 1. The van der Waals surface area contributed by atoms with E-state index in [0.29, 0.717) is 22.8 Å². The Bertz CT molecular complexity index is 942. The number of esters is 1. The second kappa shape index (κ2) is 8.64. The second-order valence-corrected chi connectivity index (χ2v) is 6.70. The summed E-state index contributed by atoms with van der Waals surface area (Å²) in [5.74, 6) is -0.462. The molecule has 0 aromatic heterocycles. The highest BCUT2D eigenvalue weighted by Gasteiger charge is 2.35. The van der Waals surface area contributed by atoms with Gasteiger partial charge in [-0.3, -0.25) is 4.90 Å². The molecular formula is C21H22N4O4. The lowest BCUT2D eigenvalue weighted by Crippen LogP contribution is -2.49. The van der Waals surface area contributed by atoms with Crippen molar-refractivity contribution in [1.29, 1.82) is 0 Å². The van der Waals surface area contributed by atoms with E-state index in [1.165, 1.54) is 4.90 Å². The van der Waals surface area contributed by atoms with Crippen LogP contribution < -0.4 is 5.32 Å². The SMILES string of the molecule is CCOC(=O)c1ccc(NC(=O)/N=C2\C3C=CC=CC3=NC(=O)N2C(C)C)cc1. The molecule has 0 fully saturated rings. The molecule has 1 aliphatic carbocycles. The highest BCUT2D eigenvalue weighted by atomic mass is 16.5. The van der Waals surface area contributed by atoms with Crippen molar-refractivity contribution in [2.45, 2.75) is 26.8 Å². The predicted molar refractivity (Wildman–Crippen MR) is 110 cm³/mol. The summed E-state index contributed by atoms with van der Waals surface area (Å²) in [6, 6.07) is 5.03. The van der Waals surface area contributed by atoms with Crippen LogP contribution >= 0.6 is 0 Å². The molecule has 1 heterocycles. The molecular weight excluding hydrogens is 372 g/mol. The lowest BCUT2D eigenvalue weighted by atomic mass is 9.94. The summed E-state index contributed by atoms with van der Waals surface area (Å²) in [5.41, 5.74) is 1.42. The number of fused-ring (bicyclic) bond motifs is 1. The summed E-state index contributed by atoms with van der Waals surface area (Å²) >= 11 is 0. The molecule has 0 spiro atoms. The number of amides is 4. The Morgan fingerprint density at radius 1 is 1.24 bits per heavy atom. The number of amidine groups is 1. The van der Waals surface area contributed by atoms with Gasteiger partial charge in [-0.05, 0) is 51.1 Å². The summed E-state index contributed by atoms with van der Waals surface area (Å²) in [6.45, 7) is 5.69. The van der Waals surface area contributed by atoms with Crippen LogP contribution in [0.3, 0.4) is 0 Å². The van der Waals surface area contributed by atoms with Gasteiger partial charge in [0.15, 0.2) is 0 Å². The molecule has 1 aromatic carbocycles. The molecule has 0 saturated heterocycles. The zero-order valence-electron chi connectivity index (χ0n) is 16.5. The van der Waals surface area contributed by atoms with E-state index in [2.05, 4.69) is 15.3 Å². The molecule has 1 N–H and O–H groups in total. The van der Waals surface area contributed by atoms with Gasteiger partial charge in [-0.1, -0.05) is 18.2 Å². The normalized spacial score (nSPS) is 19.2. The maximum atomic E-state index is 12.5. The molecule has 1 aliphatic heterocycles. The predicted octanol–water partition coefficient (Wildman–Crippen LogP) is 3.82. The number of ether oxygens (including phenoxy) is 1. The number of nitrogens with zero attached hydrogens (tertiary/aromatic N) is 3. The van der Waals surface area contributed by atoms with Gasteiger partial charge >= 0.3 is 18.0 Å². The number of benzene rings is 1. The molecule has 0 radical (unpaired) electrons. The molecule has 8 heteroatoms. The summed E-state index contributed by atoms with van der Waals surface area (Å²) in [7, 11) is 0. The average molecular weight is 394 g/mol. The first-order chi connectivity index (χ1) is 13.9. The van der Waals surface area contributed by atoms with Crippen molar-refractivity contribution in [3.8, 4) is 0 Å². The maximum Gasteiger partial charge on any atom is 0.349 e. The minimum atomic E-state index is -0.619. The molecule has 4 amide bonds. The third-order valence-corrected chi connectivity index (χ3v) is 4.34. The standard InChI is InChI=1S/C21H22N4O4/c1-4-29-19(26)14-9-11-15(12-10-14)22-20(27)24-18-16-7-5-6-8-17(16)23-21(28)25(18)13(2)3/h5-13,16H,4H2,1-3H3,(H,22,27)/b24-18+. The van der Waals surface area contributed by atoms with Crippen LogP contribution in [0.2, 0.25) is 0 Å². The number of rotatable bonds is 4. The fraction of sp³-hybridized carbons (Fsp3) is 0.286. The first-order valence-corrected chi connectivity index (χ1v) is 9.34. The lowest BCUT2D eigenvalue weighted by molar-refractivity contribution is 0.0526. The van der Waals surface area contributed by atoms with Crippen molar-refractivity contribution in [1.82, 2.24) is 4.90 Å². The molecule has 1 unspecified atom stereocenters. The van der Waals surface area contributed by atoms with Crippen molar-refractivity contribution in [3.63, 3.8) is 0 Å². The Hall–Kier alpha value is -3.55.